The van der Waals surface area contributed by atoms with Crippen LogP contribution < -0.4 is 0 Å². The zero-order valence-corrected chi connectivity index (χ0v) is 9.72. The molecule has 0 rings (SSSR count). The second kappa shape index (κ2) is 13.7. The molecule has 0 aromatic heterocycles. The number of hydrogen-bond acceptors (Lipinski definition) is 2. The van der Waals surface area contributed by atoms with E-state index in [1.54, 1.807) is 0 Å². The molecular weight excluding hydrogens is 168 g/mol. The van der Waals surface area contributed by atoms with Gasteiger partial charge in [0, 0.05) is 6.61 Å². The second-order valence-corrected chi connectivity index (χ2v) is 2.40. The van der Waals surface area contributed by atoms with Gasteiger partial charge in [0.15, 0.2) is 0 Å². The Morgan fingerprint density at radius 2 is 1.91 bits per heavy atom. The monoisotopic (exact) mass is 188 g/mol. The fraction of sp³-hybridized carbons (Fsp3) is 1.00. The average Bonchev–Trinajstić information content (AvgIpc) is 1.97. The molecule has 1 N–H and O–H groups in total. The van der Waals surface area contributed by atoms with Crippen molar-refractivity contribution in [3.05, 3.63) is 0 Å². The summed E-state index contributed by atoms with van der Waals surface area (Å²) in [4.78, 5) is 0. The largest absolute Gasteiger partial charge is 2.00 e. The van der Waals surface area contributed by atoms with Gasteiger partial charge in [-0.3, -0.25) is 0 Å². The number of ether oxygens (including phenoxy) is 1. The van der Waals surface area contributed by atoms with Crippen molar-refractivity contribution < 1.29 is 12.7 Å². The van der Waals surface area contributed by atoms with Crippen molar-refractivity contribution >= 4 is 37.7 Å². The minimum Gasteiger partial charge on any atom is -1.00 e. The fourth-order valence-corrected chi connectivity index (χ4v) is 0.798. The summed E-state index contributed by atoms with van der Waals surface area (Å²) in [6.45, 7) is 3.63. The molecule has 0 amide bonds. The van der Waals surface area contributed by atoms with Gasteiger partial charge >= 0.3 is 37.7 Å². The van der Waals surface area contributed by atoms with Crippen LogP contribution in [0.1, 0.15) is 35.5 Å². The van der Waals surface area contributed by atoms with Gasteiger partial charge in [-0.05, 0) is 6.42 Å². The van der Waals surface area contributed by atoms with Crippen molar-refractivity contribution in [1.29, 1.82) is 0 Å². The van der Waals surface area contributed by atoms with Gasteiger partial charge in [0.05, 0.1) is 13.2 Å². The first-order chi connectivity index (χ1) is 4.91. The summed E-state index contributed by atoms with van der Waals surface area (Å²) in [5.74, 6) is 0. The third kappa shape index (κ3) is 14.1. The molecule has 0 saturated heterocycles. The van der Waals surface area contributed by atoms with Crippen LogP contribution in [0.4, 0.5) is 0 Å². The number of rotatable bonds is 7. The van der Waals surface area contributed by atoms with Gasteiger partial charge in [0.25, 0.3) is 0 Å². The maximum Gasteiger partial charge on any atom is 2.00 e. The molecule has 0 aromatic carbocycles. The molecule has 0 aliphatic rings. The van der Waals surface area contributed by atoms with Gasteiger partial charge in [-0.15, -0.1) is 0 Å². The van der Waals surface area contributed by atoms with Crippen LogP contribution in [-0.2, 0) is 4.74 Å². The van der Waals surface area contributed by atoms with Crippen molar-refractivity contribution in [2.24, 2.45) is 0 Å². The Balaban J connectivity index is -0.000000135. The van der Waals surface area contributed by atoms with Gasteiger partial charge in [-0.25, -0.2) is 0 Å². The maximum atomic E-state index is 8.34. The van der Waals surface area contributed by atoms with Crippen molar-refractivity contribution in [3.8, 4) is 0 Å². The first-order valence-electron chi connectivity index (χ1n) is 4.10. The molecule has 0 bridgehead atoms. The number of aliphatic hydroxyl groups excluding tert-OH is 1. The van der Waals surface area contributed by atoms with E-state index in [2.05, 4.69) is 6.92 Å². The summed E-state index contributed by atoms with van der Waals surface area (Å²) in [6, 6.07) is 0. The summed E-state index contributed by atoms with van der Waals surface area (Å²) in [5, 5.41) is 8.34. The second-order valence-electron chi connectivity index (χ2n) is 2.40. The van der Waals surface area contributed by atoms with Crippen LogP contribution in [0, 0.1) is 0 Å². The Kier molecular flexibility index (Phi) is 18.4. The van der Waals surface area contributed by atoms with Crippen molar-refractivity contribution in [3.63, 3.8) is 0 Å². The summed E-state index contributed by atoms with van der Waals surface area (Å²) in [6.07, 6.45) is 4.94. The Bertz CT molecular complexity index is 60.1. The Morgan fingerprint density at radius 1 is 1.18 bits per heavy atom. The Labute approximate surface area is 102 Å². The topological polar surface area (TPSA) is 29.5 Å². The van der Waals surface area contributed by atoms with Gasteiger partial charge in [0.2, 0.25) is 0 Å². The maximum absolute atomic E-state index is 8.34. The van der Waals surface area contributed by atoms with Crippen LogP contribution in [-0.4, -0.2) is 62.7 Å². The van der Waals surface area contributed by atoms with E-state index in [1.165, 1.54) is 19.3 Å². The van der Waals surface area contributed by atoms with Crippen molar-refractivity contribution in [2.45, 2.75) is 32.6 Å². The molecule has 0 spiro atoms. The number of aliphatic hydroxyl groups is 1. The minimum atomic E-state index is 0. The third-order valence-corrected chi connectivity index (χ3v) is 1.38. The van der Waals surface area contributed by atoms with Gasteiger partial charge in [-0.1, -0.05) is 26.2 Å². The molecule has 2 nitrogen and oxygen atoms in total. The summed E-state index contributed by atoms with van der Waals surface area (Å²) >= 11 is 0. The molecule has 0 fully saturated rings. The van der Waals surface area contributed by atoms with E-state index in [4.69, 9.17) is 9.84 Å². The third-order valence-electron chi connectivity index (χ3n) is 1.38. The van der Waals surface area contributed by atoms with Gasteiger partial charge in [-0.2, -0.15) is 0 Å². The number of unbranched alkanes of at least 4 members (excludes halogenated alkanes) is 3. The fourth-order valence-electron chi connectivity index (χ4n) is 0.798. The molecule has 0 aromatic rings. The molecule has 0 heterocycles. The first kappa shape index (κ1) is 14.7. The normalized spacial score (nSPS) is 9.27. The van der Waals surface area contributed by atoms with Crippen LogP contribution in [0.5, 0.6) is 0 Å². The van der Waals surface area contributed by atoms with E-state index >= 15 is 0 Å². The molecule has 0 aliphatic carbocycles. The minimum absolute atomic E-state index is 0. The van der Waals surface area contributed by atoms with E-state index in [9.17, 15) is 0 Å². The zero-order chi connectivity index (χ0) is 7.66. The average molecular weight is 188 g/mol. The predicted molar refractivity (Wildman–Crippen MR) is 50.0 cm³/mol. The molecular formula is C8H20CaO2. The van der Waals surface area contributed by atoms with Crippen LogP contribution in [0.15, 0.2) is 0 Å². The van der Waals surface area contributed by atoms with Crippen LogP contribution in [0.2, 0.25) is 0 Å². The summed E-state index contributed by atoms with van der Waals surface area (Å²) < 4.78 is 5.08. The molecule has 3 heteroatoms. The number of hydrogen-bond donors (Lipinski definition) is 1. The van der Waals surface area contributed by atoms with Crippen LogP contribution in [0.3, 0.4) is 0 Å². The summed E-state index contributed by atoms with van der Waals surface area (Å²) in [7, 11) is 0. The van der Waals surface area contributed by atoms with Gasteiger partial charge in [0.1, 0.15) is 0 Å². The quantitative estimate of drug-likeness (QED) is 0.483. The predicted octanol–water partition coefficient (Wildman–Crippen LogP) is 1.42. The van der Waals surface area contributed by atoms with E-state index < -0.39 is 0 Å². The SMILES string of the molecule is CCCCCCOCCO.[Ca+2].[H-].[H-]. The summed E-state index contributed by atoms with van der Waals surface area (Å²) in [5.41, 5.74) is 0. The molecule has 11 heavy (non-hydrogen) atoms. The zero-order valence-electron chi connectivity index (χ0n) is 9.51. The van der Waals surface area contributed by atoms with E-state index in [0.717, 1.165) is 13.0 Å². The molecule has 0 aliphatic heterocycles. The van der Waals surface area contributed by atoms with E-state index in [1.807, 2.05) is 0 Å². The van der Waals surface area contributed by atoms with Crippen LogP contribution in [0.25, 0.3) is 0 Å². The standard InChI is InChI=1S/C8H18O2.Ca.2H/c1-2-3-4-5-7-10-8-6-9;;;/h9H,2-8H2,1H3;;;/q;+2;2*-1. The molecule has 0 saturated carbocycles. The van der Waals surface area contributed by atoms with Crippen LogP contribution >= 0.6 is 0 Å². The Morgan fingerprint density at radius 3 is 2.45 bits per heavy atom. The Hall–Kier alpha value is 1.18. The smallest absolute Gasteiger partial charge is 1.00 e. The van der Waals surface area contributed by atoms with Crippen molar-refractivity contribution in [1.82, 2.24) is 0 Å². The van der Waals surface area contributed by atoms with Gasteiger partial charge < -0.3 is 12.7 Å². The molecule has 0 atom stereocenters. The molecule has 0 unspecified atom stereocenters. The molecule has 66 valence electrons. The van der Waals surface area contributed by atoms with E-state index in [-0.39, 0.29) is 47.2 Å². The van der Waals surface area contributed by atoms with E-state index in [0.29, 0.717) is 6.61 Å². The van der Waals surface area contributed by atoms with Crippen molar-refractivity contribution in [2.75, 3.05) is 19.8 Å². The first-order valence-corrected chi connectivity index (χ1v) is 4.10. The molecule has 0 radical (unpaired) electrons.